The first kappa shape index (κ1) is 13.3. The van der Waals surface area contributed by atoms with Crippen molar-refractivity contribution in [2.75, 3.05) is 0 Å². The summed E-state index contributed by atoms with van der Waals surface area (Å²) in [7, 11) is 0. The van der Waals surface area contributed by atoms with Crippen LogP contribution in [0.4, 0.5) is 0 Å². The molecule has 1 heterocycles. The summed E-state index contributed by atoms with van der Waals surface area (Å²) < 4.78 is 2.43. The van der Waals surface area contributed by atoms with Gasteiger partial charge in [-0.1, -0.05) is 39.5 Å². The van der Waals surface area contributed by atoms with Gasteiger partial charge in [-0.05, 0) is 38.3 Å². The molecule has 1 aromatic rings. The monoisotopic (exact) mass is 221 g/mol. The average molecular weight is 221 g/mol. The minimum Gasteiger partial charge on any atom is -0.349 e. The third kappa shape index (κ3) is 4.42. The van der Waals surface area contributed by atoms with Crippen molar-refractivity contribution in [2.45, 2.75) is 66.3 Å². The Kier molecular flexibility index (Phi) is 5.65. The van der Waals surface area contributed by atoms with Crippen molar-refractivity contribution >= 4 is 0 Å². The molecule has 0 spiro atoms. The second-order valence-electron chi connectivity index (χ2n) is 5.36. The van der Waals surface area contributed by atoms with E-state index in [0.717, 1.165) is 5.92 Å². The fraction of sp³-hybridized carbons (Fsp3) is 0.733. The highest BCUT2D eigenvalue weighted by molar-refractivity contribution is 5.13. The number of aromatic nitrogens is 1. The van der Waals surface area contributed by atoms with E-state index in [1.807, 2.05) is 0 Å². The Hall–Kier alpha value is -0.720. The fourth-order valence-electron chi connectivity index (χ4n) is 2.23. The molecule has 0 aliphatic carbocycles. The van der Waals surface area contributed by atoms with Gasteiger partial charge in [-0.2, -0.15) is 0 Å². The van der Waals surface area contributed by atoms with Crippen LogP contribution in [0.3, 0.4) is 0 Å². The van der Waals surface area contributed by atoms with Crippen LogP contribution >= 0.6 is 0 Å². The summed E-state index contributed by atoms with van der Waals surface area (Å²) >= 11 is 0. The van der Waals surface area contributed by atoms with Crippen LogP contribution in [-0.2, 0) is 6.54 Å². The maximum Gasteiger partial charge on any atom is 0.0224 e. The summed E-state index contributed by atoms with van der Waals surface area (Å²) in [4.78, 5) is 0. The van der Waals surface area contributed by atoms with Gasteiger partial charge in [0.25, 0.3) is 0 Å². The molecule has 0 bridgehead atoms. The van der Waals surface area contributed by atoms with Crippen molar-refractivity contribution in [3.8, 4) is 0 Å². The van der Waals surface area contributed by atoms with Gasteiger partial charge in [0.1, 0.15) is 0 Å². The predicted molar refractivity (Wildman–Crippen MR) is 71.8 cm³/mol. The molecule has 0 fully saturated rings. The summed E-state index contributed by atoms with van der Waals surface area (Å²) in [6, 6.07) is 4.43. The van der Waals surface area contributed by atoms with Crippen molar-refractivity contribution in [3.63, 3.8) is 0 Å². The lowest BCUT2D eigenvalue weighted by Crippen LogP contribution is -2.02. The normalized spacial score (nSPS) is 11.3. The van der Waals surface area contributed by atoms with E-state index >= 15 is 0 Å². The number of hydrogen-bond donors (Lipinski definition) is 0. The zero-order valence-corrected chi connectivity index (χ0v) is 11.4. The molecule has 0 saturated carbocycles. The van der Waals surface area contributed by atoms with E-state index < -0.39 is 0 Å². The molecule has 1 heteroatoms. The van der Waals surface area contributed by atoms with Crippen LogP contribution < -0.4 is 0 Å². The predicted octanol–water partition coefficient (Wildman–Crippen LogP) is 4.71. The maximum absolute atomic E-state index is 2.43. The quantitative estimate of drug-likeness (QED) is 0.588. The van der Waals surface area contributed by atoms with Crippen LogP contribution in [0.1, 0.15) is 57.3 Å². The second kappa shape index (κ2) is 6.78. The van der Waals surface area contributed by atoms with E-state index in [1.165, 1.54) is 50.0 Å². The highest BCUT2D eigenvalue weighted by atomic mass is 15.0. The first-order valence-electron chi connectivity index (χ1n) is 6.74. The molecule has 0 amide bonds. The van der Waals surface area contributed by atoms with Crippen molar-refractivity contribution in [1.82, 2.24) is 4.57 Å². The Bertz CT molecular complexity index is 277. The fourth-order valence-corrected chi connectivity index (χ4v) is 2.23. The van der Waals surface area contributed by atoms with Gasteiger partial charge < -0.3 is 4.57 Å². The van der Waals surface area contributed by atoms with Crippen molar-refractivity contribution in [2.24, 2.45) is 5.92 Å². The van der Waals surface area contributed by atoms with E-state index in [1.54, 1.807) is 0 Å². The first-order chi connectivity index (χ1) is 7.61. The Morgan fingerprint density at radius 2 is 1.50 bits per heavy atom. The highest BCUT2D eigenvalue weighted by Gasteiger charge is 2.00. The molecular formula is C15H27N. The minimum absolute atomic E-state index is 0.869. The second-order valence-corrected chi connectivity index (χ2v) is 5.36. The van der Waals surface area contributed by atoms with Crippen molar-refractivity contribution in [3.05, 3.63) is 23.5 Å². The lowest BCUT2D eigenvalue weighted by atomic mass is 10.0. The van der Waals surface area contributed by atoms with Gasteiger partial charge in [-0.25, -0.2) is 0 Å². The zero-order chi connectivity index (χ0) is 12.0. The molecule has 16 heavy (non-hydrogen) atoms. The minimum atomic E-state index is 0.869. The number of rotatable bonds is 7. The standard InChI is InChI=1S/C15H27N/c1-13(2)9-7-5-6-8-12-16-14(3)10-11-15(16)4/h10-11,13H,5-9,12H2,1-4H3. The van der Waals surface area contributed by atoms with E-state index in [9.17, 15) is 0 Å². The summed E-state index contributed by atoms with van der Waals surface area (Å²) in [6.45, 7) is 10.2. The summed E-state index contributed by atoms with van der Waals surface area (Å²) in [6.07, 6.45) is 6.90. The van der Waals surface area contributed by atoms with Gasteiger partial charge in [-0.15, -0.1) is 0 Å². The highest BCUT2D eigenvalue weighted by Crippen LogP contribution is 2.12. The lowest BCUT2D eigenvalue weighted by molar-refractivity contribution is 0.502. The molecule has 1 rings (SSSR count). The van der Waals surface area contributed by atoms with Crippen LogP contribution in [0, 0.1) is 19.8 Å². The van der Waals surface area contributed by atoms with Gasteiger partial charge in [-0.3, -0.25) is 0 Å². The summed E-state index contributed by atoms with van der Waals surface area (Å²) in [5.74, 6) is 0.869. The van der Waals surface area contributed by atoms with Gasteiger partial charge >= 0.3 is 0 Å². The maximum atomic E-state index is 2.43. The number of aryl methyl sites for hydroxylation is 2. The topological polar surface area (TPSA) is 4.93 Å². The van der Waals surface area contributed by atoms with Crippen LogP contribution in [0.2, 0.25) is 0 Å². The molecule has 1 aromatic heterocycles. The smallest absolute Gasteiger partial charge is 0.0224 e. The number of unbranched alkanes of at least 4 members (excludes halogenated alkanes) is 3. The Labute approximate surface area is 101 Å². The van der Waals surface area contributed by atoms with Crippen LogP contribution in [0.15, 0.2) is 12.1 Å². The van der Waals surface area contributed by atoms with Crippen molar-refractivity contribution < 1.29 is 0 Å². The molecule has 0 atom stereocenters. The van der Waals surface area contributed by atoms with Gasteiger partial charge in [0.15, 0.2) is 0 Å². The lowest BCUT2D eigenvalue weighted by Gasteiger charge is -2.09. The summed E-state index contributed by atoms with van der Waals surface area (Å²) in [5, 5.41) is 0. The Morgan fingerprint density at radius 3 is 2.06 bits per heavy atom. The average Bonchev–Trinajstić information content (AvgIpc) is 2.53. The third-order valence-corrected chi connectivity index (χ3v) is 3.33. The molecule has 0 saturated heterocycles. The molecule has 0 aliphatic heterocycles. The van der Waals surface area contributed by atoms with Gasteiger partial charge in [0.2, 0.25) is 0 Å². The van der Waals surface area contributed by atoms with Crippen LogP contribution in [0.5, 0.6) is 0 Å². The number of hydrogen-bond acceptors (Lipinski definition) is 0. The molecule has 0 N–H and O–H groups in total. The van der Waals surface area contributed by atoms with E-state index in [4.69, 9.17) is 0 Å². The van der Waals surface area contributed by atoms with Gasteiger partial charge in [0, 0.05) is 17.9 Å². The van der Waals surface area contributed by atoms with E-state index in [0.29, 0.717) is 0 Å². The molecule has 1 nitrogen and oxygen atoms in total. The van der Waals surface area contributed by atoms with Crippen molar-refractivity contribution in [1.29, 1.82) is 0 Å². The zero-order valence-electron chi connectivity index (χ0n) is 11.4. The SMILES string of the molecule is Cc1ccc(C)n1CCCCCCC(C)C. The van der Waals surface area contributed by atoms with E-state index in [-0.39, 0.29) is 0 Å². The molecule has 0 aliphatic rings. The Morgan fingerprint density at radius 1 is 0.938 bits per heavy atom. The van der Waals surface area contributed by atoms with Crippen LogP contribution in [0.25, 0.3) is 0 Å². The third-order valence-electron chi connectivity index (χ3n) is 3.33. The van der Waals surface area contributed by atoms with Gasteiger partial charge in [0.05, 0.1) is 0 Å². The van der Waals surface area contributed by atoms with E-state index in [2.05, 4.69) is 44.4 Å². The molecule has 0 radical (unpaired) electrons. The number of nitrogens with zero attached hydrogens (tertiary/aromatic N) is 1. The molecule has 92 valence electrons. The summed E-state index contributed by atoms with van der Waals surface area (Å²) in [5.41, 5.74) is 2.80. The first-order valence-corrected chi connectivity index (χ1v) is 6.74. The molecule has 0 unspecified atom stereocenters. The molecule has 0 aromatic carbocycles. The molecular weight excluding hydrogens is 194 g/mol. The van der Waals surface area contributed by atoms with Crippen LogP contribution in [-0.4, -0.2) is 4.57 Å². The largest absolute Gasteiger partial charge is 0.349 e. The Balaban J connectivity index is 2.12.